The van der Waals surface area contributed by atoms with Crippen LogP contribution in [0.15, 0.2) is 30.5 Å². The highest BCUT2D eigenvalue weighted by molar-refractivity contribution is 5.33. The number of ether oxygens (including phenoxy) is 2. The molecule has 24 heavy (non-hydrogen) atoms. The Balaban J connectivity index is 1.48. The fourth-order valence-corrected chi connectivity index (χ4v) is 3.56. The van der Waals surface area contributed by atoms with E-state index in [9.17, 15) is 0 Å². The van der Waals surface area contributed by atoms with Gasteiger partial charge in [-0.1, -0.05) is 23.4 Å². The number of rotatable bonds is 5. The summed E-state index contributed by atoms with van der Waals surface area (Å²) in [7, 11) is 0. The molecule has 1 N–H and O–H groups in total. The normalized spacial score (nSPS) is 23.5. The number of hydrogen-bond acceptors (Lipinski definition) is 6. The number of benzene rings is 1. The van der Waals surface area contributed by atoms with Crippen LogP contribution in [-0.4, -0.2) is 57.4 Å². The van der Waals surface area contributed by atoms with Crippen LogP contribution >= 0.6 is 0 Å². The molecule has 0 aliphatic carbocycles. The van der Waals surface area contributed by atoms with Crippen molar-refractivity contribution in [3.05, 3.63) is 41.7 Å². The maximum Gasteiger partial charge on any atom is 0.123 e. The maximum absolute atomic E-state index is 8.98. The van der Waals surface area contributed by atoms with Crippen LogP contribution in [0, 0.1) is 0 Å². The molecule has 1 aromatic carbocycles. The molecule has 4 rings (SSSR count). The van der Waals surface area contributed by atoms with Crippen LogP contribution in [0.1, 0.15) is 23.7 Å². The molecular formula is C17H22N4O3. The fourth-order valence-electron chi connectivity index (χ4n) is 3.56. The van der Waals surface area contributed by atoms with Crippen LogP contribution < -0.4 is 4.74 Å². The number of fused-ring (bicyclic) bond motifs is 3. The number of aliphatic hydroxyl groups excluding tert-OH is 1. The molecular weight excluding hydrogens is 308 g/mol. The highest BCUT2D eigenvalue weighted by Gasteiger charge is 2.36. The largest absolute Gasteiger partial charge is 0.491 e. The van der Waals surface area contributed by atoms with Gasteiger partial charge in [-0.2, -0.15) is 0 Å². The van der Waals surface area contributed by atoms with E-state index in [0.29, 0.717) is 13.2 Å². The summed E-state index contributed by atoms with van der Waals surface area (Å²) in [5, 5.41) is 17.2. The first-order chi connectivity index (χ1) is 11.8. The second kappa shape index (κ2) is 6.88. The highest BCUT2D eigenvalue weighted by Crippen LogP contribution is 2.31. The lowest BCUT2D eigenvalue weighted by Crippen LogP contribution is -2.47. The Morgan fingerprint density at radius 3 is 3.17 bits per heavy atom. The molecule has 0 spiro atoms. The number of aliphatic hydroxyl groups is 1. The summed E-state index contributed by atoms with van der Waals surface area (Å²) in [6.45, 7) is 3.63. The van der Waals surface area contributed by atoms with Crippen molar-refractivity contribution < 1.29 is 14.6 Å². The van der Waals surface area contributed by atoms with Crippen LogP contribution in [0.4, 0.5) is 0 Å². The molecule has 1 saturated heterocycles. The molecule has 0 bridgehead atoms. The topological polar surface area (TPSA) is 72.6 Å². The predicted molar refractivity (Wildman–Crippen MR) is 86.6 cm³/mol. The van der Waals surface area contributed by atoms with Crippen molar-refractivity contribution in [2.45, 2.75) is 31.7 Å². The van der Waals surface area contributed by atoms with Gasteiger partial charge in [-0.05, 0) is 12.5 Å². The number of hydrogen-bond donors (Lipinski definition) is 1. The van der Waals surface area contributed by atoms with E-state index in [4.69, 9.17) is 14.6 Å². The monoisotopic (exact) mass is 330 g/mol. The Morgan fingerprint density at radius 1 is 1.33 bits per heavy atom. The minimum Gasteiger partial charge on any atom is -0.491 e. The van der Waals surface area contributed by atoms with Crippen molar-refractivity contribution in [2.75, 3.05) is 26.3 Å². The average Bonchev–Trinajstić information content (AvgIpc) is 3.10. The molecule has 128 valence electrons. The first-order valence-corrected chi connectivity index (χ1v) is 8.40. The second-order valence-electron chi connectivity index (χ2n) is 6.29. The van der Waals surface area contributed by atoms with Gasteiger partial charge < -0.3 is 14.6 Å². The molecule has 1 aromatic heterocycles. The van der Waals surface area contributed by atoms with Crippen LogP contribution in [0.25, 0.3) is 0 Å². The van der Waals surface area contributed by atoms with Gasteiger partial charge in [0.05, 0.1) is 37.3 Å². The molecule has 3 heterocycles. The Hall–Kier alpha value is -1.96. The van der Waals surface area contributed by atoms with E-state index in [1.807, 2.05) is 22.9 Å². The first kappa shape index (κ1) is 15.6. The number of aromatic nitrogens is 3. The van der Waals surface area contributed by atoms with Crippen molar-refractivity contribution in [1.29, 1.82) is 0 Å². The van der Waals surface area contributed by atoms with Gasteiger partial charge >= 0.3 is 0 Å². The molecule has 2 aliphatic heterocycles. The molecule has 2 aromatic rings. The molecule has 0 amide bonds. The molecule has 2 atom stereocenters. The van der Waals surface area contributed by atoms with Gasteiger partial charge in [0.2, 0.25) is 0 Å². The number of nitrogens with zero attached hydrogens (tertiary/aromatic N) is 4. The minimum atomic E-state index is 0.0220. The van der Waals surface area contributed by atoms with Crippen molar-refractivity contribution in [2.24, 2.45) is 0 Å². The maximum atomic E-state index is 8.98. The number of likely N-dealkylation sites (tertiary alicyclic amines) is 1. The van der Waals surface area contributed by atoms with Crippen molar-refractivity contribution in [3.8, 4) is 5.75 Å². The average molecular weight is 330 g/mol. The summed E-state index contributed by atoms with van der Waals surface area (Å²) in [5.74, 6) is 0.843. The van der Waals surface area contributed by atoms with Crippen molar-refractivity contribution >= 4 is 0 Å². The van der Waals surface area contributed by atoms with Gasteiger partial charge in [0.15, 0.2) is 0 Å². The standard InChI is InChI=1S/C17H22N4O3/c22-7-8-23-16-4-2-1-3-13(16)10-20-6-5-17-15(11-20)21-14(12-24-17)9-18-19-21/h1-4,9,15,17,22H,5-8,10-12H2/t15-,17-/m0/s1. The van der Waals surface area contributed by atoms with E-state index in [-0.39, 0.29) is 18.8 Å². The third kappa shape index (κ3) is 3.02. The zero-order chi connectivity index (χ0) is 16.4. The van der Waals surface area contributed by atoms with Gasteiger partial charge in [0.25, 0.3) is 0 Å². The quantitative estimate of drug-likeness (QED) is 0.882. The Labute approximate surface area is 140 Å². The number of piperidine rings is 1. The van der Waals surface area contributed by atoms with E-state index < -0.39 is 0 Å². The van der Waals surface area contributed by atoms with E-state index in [2.05, 4.69) is 21.3 Å². The predicted octanol–water partition coefficient (Wildman–Crippen LogP) is 0.995. The molecule has 0 saturated carbocycles. The summed E-state index contributed by atoms with van der Waals surface area (Å²) in [6.07, 6.45) is 2.99. The van der Waals surface area contributed by atoms with E-state index in [0.717, 1.165) is 43.1 Å². The summed E-state index contributed by atoms with van der Waals surface area (Å²) in [4.78, 5) is 2.41. The lowest BCUT2D eigenvalue weighted by atomic mass is 9.99. The van der Waals surface area contributed by atoms with Gasteiger partial charge in [0, 0.05) is 25.2 Å². The molecule has 1 fully saturated rings. The minimum absolute atomic E-state index is 0.0220. The van der Waals surface area contributed by atoms with Gasteiger partial charge in [-0.15, -0.1) is 5.10 Å². The Morgan fingerprint density at radius 2 is 2.25 bits per heavy atom. The van der Waals surface area contributed by atoms with E-state index in [1.54, 1.807) is 6.20 Å². The van der Waals surface area contributed by atoms with Crippen LogP contribution in [0.3, 0.4) is 0 Å². The third-order valence-corrected chi connectivity index (χ3v) is 4.73. The fraction of sp³-hybridized carbons (Fsp3) is 0.529. The zero-order valence-electron chi connectivity index (χ0n) is 13.5. The number of para-hydroxylation sites is 1. The summed E-state index contributed by atoms with van der Waals surface area (Å²) < 4.78 is 13.6. The molecule has 2 aliphatic rings. The Bertz CT molecular complexity index is 690. The second-order valence-corrected chi connectivity index (χ2v) is 6.29. The Kier molecular flexibility index (Phi) is 4.46. The van der Waals surface area contributed by atoms with Crippen molar-refractivity contribution in [1.82, 2.24) is 19.9 Å². The van der Waals surface area contributed by atoms with Gasteiger partial charge in [-0.25, -0.2) is 4.68 Å². The lowest BCUT2D eigenvalue weighted by molar-refractivity contribution is -0.0670. The van der Waals surface area contributed by atoms with Crippen LogP contribution in [0.5, 0.6) is 5.75 Å². The van der Waals surface area contributed by atoms with Crippen LogP contribution in [-0.2, 0) is 17.9 Å². The SMILES string of the molecule is OCCOc1ccccc1CN1CC[C@@H]2OCc3cnnn3[C@H]2C1. The van der Waals surface area contributed by atoms with Crippen molar-refractivity contribution in [3.63, 3.8) is 0 Å². The van der Waals surface area contributed by atoms with Crippen LogP contribution in [0.2, 0.25) is 0 Å². The smallest absolute Gasteiger partial charge is 0.123 e. The summed E-state index contributed by atoms with van der Waals surface area (Å²) in [5.41, 5.74) is 2.18. The van der Waals surface area contributed by atoms with Gasteiger partial charge in [0.1, 0.15) is 12.4 Å². The van der Waals surface area contributed by atoms with E-state index in [1.165, 1.54) is 0 Å². The van der Waals surface area contributed by atoms with Gasteiger partial charge in [-0.3, -0.25) is 4.90 Å². The third-order valence-electron chi connectivity index (χ3n) is 4.73. The molecule has 7 heteroatoms. The molecule has 0 unspecified atom stereocenters. The molecule has 0 radical (unpaired) electrons. The lowest BCUT2D eigenvalue weighted by Gasteiger charge is -2.41. The first-order valence-electron chi connectivity index (χ1n) is 8.40. The summed E-state index contributed by atoms with van der Waals surface area (Å²) in [6, 6.07) is 8.23. The highest BCUT2D eigenvalue weighted by atomic mass is 16.5. The van der Waals surface area contributed by atoms with E-state index >= 15 is 0 Å². The molecule has 7 nitrogen and oxygen atoms in total. The summed E-state index contributed by atoms with van der Waals surface area (Å²) >= 11 is 0. The zero-order valence-corrected chi connectivity index (χ0v) is 13.5.